The highest BCUT2D eigenvalue weighted by molar-refractivity contribution is 7.89. The molecular formula is C15H13Cl2N3O2S2. The Balaban J connectivity index is 1.72. The maximum atomic E-state index is 12.7. The van der Waals surface area contributed by atoms with Gasteiger partial charge in [-0.2, -0.15) is 9.57 Å². The van der Waals surface area contributed by atoms with Gasteiger partial charge < -0.3 is 4.90 Å². The third kappa shape index (κ3) is 3.39. The zero-order valence-electron chi connectivity index (χ0n) is 12.4. The molecule has 1 aliphatic rings. The van der Waals surface area contributed by atoms with Crippen molar-refractivity contribution >= 4 is 50.2 Å². The SMILES string of the molecule is N#Cc1ccc(N2CCN(S(=O)(=O)c3cc(Cl)sc3Cl)CC2)cc1. The number of benzene rings is 1. The molecule has 1 saturated heterocycles. The van der Waals surface area contributed by atoms with Gasteiger partial charge in [0.05, 0.1) is 16.0 Å². The van der Waals surface area contributed by atoms with Gasteiger partial charge in [0.25, 0.3) is 0 Å². The number of halogens is 2. The second-order valence-corrected chi connectivity index (χ2v) is 9.43. The molecule has 0 radical (unpaired) electrons. The summed E-state index contributed by atoms with van der Waals surface area (Å²) in [5, 5.41) is 8.84. The van der Waals surface area contributed by atoms with Crippen molar-refractivity contribution in [3.8, 4) is 6.07 Å². The van der Waals surface area contributed by atoms with Crippen LogP contribution in [0.25, 0.3) is 0 Å². The summed E-state index contributed by atoms with van der Waals surface area (Å²) in [7, 11) is -3.63. The first-order chi connectivity index (χ1) is 11.4. The van der Waals surface area contributed by atoms with Gasteiger partial charge in [0.2, 0.25) is 10.0 Å². The summed E-state index contributed by atoms with van der Waals surface area (Å²) >= 11 is 12.9. The fraction of sp³-hybridized carbons (Fsp3) is 0.267. The van der Waals surface area contributed by atoms with E-state index in [0.29, 0.717) is 36.1 Å². The third-order valence-corrected chi connectivity index (χ3v) is 7.50. The van der Waals surface area contributed by atoms with Crippen LogP contribution in [0.5, 0.6) is 0 Å². The highest BCUT2D eigenvalue weighted by Gasteiger charge is 2.31. The van der Waals surface area contributed by atoms with Crippen molar-refractivity contribution in [3.05, 3.63) is 44.6 Å². The van der Waals surface area contributed by atoms with E-state index in [-0.39, 0.29) is 9.23 Å². The predicted molar refractivity (Wildman–Crippen MR) is 96.5 cm³/mol. The fourth-order valence-electron chi connectivity index (χ4n) is 2.57. The molecule has 126 valence electrons. The van der Waals surface area contributed by atoms with E-state index in [0.717, 1.165) is 17.0 Å². The van der Waals surface area contributed by atoms with Gasteiger partial charge in [0.15, 0.2) is 0 Å². The lowest BCUT2D eigenvalue weighted by Gasteiger charge is -2.35. The van der Waals surface area contributed by atoms with E-state index in [9.17, 15) is 8.42 Å². The highest BCUT2D eigenvalue weighted by Crippen LogP contribution is 2.36. The van der Waals surface area contributed by atoms with Crippen LogP contribution in [0.4, 0.5) is 5.69 Å². The van der Waals surface area contributed by atoms with Crippen LogP contribution in [-0.4, -0.2) is 38.9 Å². The van der Waals surface area contributed by atoms with E-state index in [1.165, 1.54) is 10.4 Å². The van der Waals surface area contributed by atoms with E-state index in [4.69, 9.17) is 28.5 Å². The summed E-state index contributed by atoms with van der Waals surface area (Å²) < 4.78 is 27.3. The van der Waals surface area contributed by atoms with Crippen molar-refractivity contribution in [1.29, 1.82) is 5.26 Å². The van der Waals surface area contributed by atoms with Gasteiger partial charge in [0, 0.05) is 31.9 Å². The first-order valence-electron chi connectivity index (χ1n) is 7.12. The molecular weight excluding hydrogens is 389 g/mol. The molecule has 2 aromatic rings. The van der Waals surface area contributed by atoms with Crippen LogP contribution in [0.3, 0.4) is 0 Å². The Labute approximate surface area is 154 Å². The summed E-state index contributed by atoms with van der Waals surface area (Å²) in [6.45, 7) is 1.87. The molecule has 2 heterocycles. The Morgan fingerprint density at radius 1 is 1.08 bits per heavy atom. The Hall–Kier alpha value is -1.30. The van der Waals surface area contributed by atoms with Crippen molar-refractivity contribution in [2.75, 3.05) is 31.1 Å². The first-order valence-corrected chi connectivity index (χ1v) is 10.1. The number of rotatable bonds is 3. The zero-order valence-corrected chi connectivity index (χ0v) is 15.6. The Morgan fingerprint density at radius 2 is 1.71 bits per heavy atom. The third-order valence-electron chi connectivity index (χ3n) is 3.84. The fourth-order valence-corrected chi connectivity index (χ4v) is 6.11. The largest absolute Gasteiger partial charge is 0.369 e. The van der Waals surface area contributed by atoms with Crippen LogP contribution in [0.2, 0.25) is 8.67 Å². The van der Waals surface area contributed by atoms with Crippen LogP contribution in [0.15, 0.2) is 35.2 Å². The molecule has 0 spiro atoms. The predicted octanol–water partition coefficient (Wildman–Crippen LogP) is 3.44. The molecule has 0 aliphatic carbocycles. The van der Waals surface area contributed by atoms with Crippen molar-refractivity contribution in [2.45, 2.75) is 4.90 Å². The van der Waals surface area contributed by atoms with Crippen LogP contribution in [-0.2, 0) is 10.0 Å². The molecule has 9 heteroatoms. The normalized spacial score (nSPS) is 16.1. The lowest BCUT2D eigenvalue weighted by atomic mass is 10.2. The van der Waals surface area contributed by atoms with Crippen molar-refractivity contribution in [3.63, 3.8) is 0 Å². The van der Waals surface area contributed by atoms with Crippen molar-refractivity contribution < 1.29 is 8.42 Å². The molecule has 3 rings (SSSR count). The molecule has 1 aliphatic heterocycles. The topological polar surface area (TPSA) is 64.4 Å². The summed E-state index contributed by atoms with van der Waals surface area (Å²) in [5.41, 5.74) is 1.58. The maximum Gasteiger partial charge on any atom is 0.245 e. The smallest absolute Gasteiger partial charge is 0.245 e. The van der Waals surface area contributed by atoms with E-state index in [1.807, 2.05) is 12.1 Å². The molecule has 0 bridgehead atoms. The molecule has 0 unspecified atom stereocenters. The standard InChI is InChI=1S/C15H13Cl2N3O2S2/c16-14-9-13(15(17)23-14)24(21,22)20-7-5-19(6-8-20)12-3-1-11(10-18)2-4-12/h1-4,9H,5-8H2. The monoisotopic (exact) mass is 401 g/mol. The summed E-state index contributed by atoms with van der Waals surface area (Å²) in [6.07, 6.45) is 0. The molecule has 1 fully saturated rings. The first kappa shape index (κ1) is 17.5. The number of sulfonamides is 1. The molecule has 0 atom stereocenters. The van der Waals surface area contributed by atoms with Crippen LogP contribution in [0.1, 0.15) is 5.56 Å². The minimum atomic E-state index is -3.63. The molecule has 24 heavy (non-hydrogen) atoms. The number of anilines is 1. The number of piperazine rings is 1. The Kier molecular flexibility index (Phi) is 5.04. The minimum Gasteiger partial charge on any atom is -0.369 e. The van der Waals surface area contributed by atoms with Gasteiger partial charge in [0.1, 0.15) is 9.23 Å². The average molecular weight is 402 g/mol. The minimum absolute atomic E-state index is 0.0750. The molecule has 0 amide bonds. The van der Waals surface area contributed by atoms with E-state index in [1.54, 1.807) is 12.1 Å². The van der Waals surface area contributed by atoms with Crippen molar-refractivity contribution in [1.82, 2.24) is 4.31 Å². The second kappa shape index (κ2) is 6.90. The lowest BCUT2D eigenvalue weighted by molar-refractivity contribution is 0.385. The van der Waals surface area contributed by atoms with Gasteiger partial charge in [-0.25, -0.2) is 8.42 Å². The van der Waals surface area contributed by atoms with Crippen LogP contribution < -0.4 is 4.90 Å². The van der Waals surface area contributed by atoms with E-state index >= 15 is 0 Å². The lowest BCUT2D eigenvalue weighted by Crippen LogP contribution is -2.48. The van der Waals surface area contributed by atoms with Gasteiger partial charge in [-0.3, -0.25) is 0 Å². The molecule has 0 saturated carbocycles. The van der Waals surface area contributed by atoms with Gasteiger partial charge in [-0.1, -0.05) is 23.2 Å². The van der Waals surface area contributed by atoms with Crippen molar-refractivity contribution in [2.24, 2.45) is 0 Å². The van der Waals surface area contributed by atoms with Crippen LogP contribution in [0, 0.1) is 11.3 Å². The van der Waals surface area contributed by atoms with E-state index in [2.05, 4.69) is 11.0 Å². The number of nitriles is 1. The average Bonchev–Trinajstić information content (AvgIpc) is 2.94. The quantitative estimate of drug-likeness (QED) is 0.789. The van der Waals surface area contributed by atoms with Gasteiger partial charge in [-0.15, -0.1) is 11.3 Å². The van der Waals surface area contributed by atoms with Crippen LogP contribution >= 0.6 is 34.5 Å². The number of nitrogens with zero attached hydrogens (tertiary/aromatic N) is 3. The molecule has 1 aromatic heterocycles. The number of hydrogen-bond donors (Lipinski definition) is 0. The summed E-state index contributed by atoms with van der Waals surface area (Å²) in [4.78, 5) is 2.17. The summed E-state index contributed by atoms with van der Waals surface area (Å²) in [5.74, 6) is 0. The molecule has 0 N–H and O–H groups in total. The Morgan fingerprint density at radius 3 is 2.21 bits per heavy atom. The van der Waals surface area contributed by atoms with Gasteiger partial charge in [-0.05, 0) is 30.3 Å². The van der Waals surface area contributed by atoms with Gasteiger partial charge >= 0.3 is 0 Å². The highest BCUT2D eigenvalue weighted by atomic mass is 35.5. The maximum absolute atomic E-state index is 12.7. The zero-order chi connectivity index (χ0) is 17.3. The van der Waals surface area contributed by atoms with E-state index < -0.39 is 10.0 Å². The number of thiophene rings is 1. The second-order valence-electron chi connectivity index (χ2n) is 5.24. The Bertz CT molecular complexity index is 880. The molecule has 1 aromatic carbocycles. The molecule has 5 nitrogen and oxygen atoms in total. The number of hydrogen-bond acceptors (Lipinski definition) is 5. The summed E-state index contributed by atoms with van der Waals surface area (Å²) in [6, 6.07) is 10.7.